The van der Waals surface area contributed by atoms with E-state index >= 15 is 0 Å². The predicted octanol–water partition coefficient (Wildman–Crippen LogP) is 2.42. The Morgan fingerprint density at radius 3 is 2.65 bits per heavy atom. The fourth-order valence-corrected chi connectivity index (χ4v) is 2.21. The molecule has 0 aliphatic heterocycles. The first kappa shape index (κ1) is 14.2. The highest BCUT2D eigenvalue weighted by Crippen LogP contribution is 2.31. The molecule has 1 aromatic heterocycles. The van der Waals surface area contributed by atoms with Crippen LogP contribution in [-0.4, -0.2) is 26.5 Å². The molecule has 0 bridgehead atoms. The Labute approximate surface area is 104 Å². The molecule has 17 heavy (non-hydrogen) atoms. The van der Waals surface area contributed by atoms with Crippen molar-refractivity contribution in [2.24, 2.45) is 5.41 Å². The van der Waals surface area contributed by atoms with E-state index in [2.05, 4.69) is 30.9 Å². The standard InChI is InChI=1S/C13H25N3O/c1-4-7-8-13(5-2,10-17)9-12-14-11-15-16(12)6-3/h11,17H,4-10H2,1-3H3. The number of aryl methyl sites for hydroxylation is 1. The summed E-state index contributed by atoms with van der Waals surface area (Å²) in [6, 6.07) is 0. The third-order valence-electron chi connectivity index (χ3n) is 3.67. The lowest BCUT2D eigenvalue weighted by atomic mass is 9.78. The van der Waals surface area contributed by atoms with E-state index in [9.17, 15) is 5.11 Å². The van der Waals surface area contributed by atoms with Crippen LogP contribution in [0, 0.1) is 5.41 Å². The van der Waals surface area contributed by atoms with Gasteiger partial charge in [-0.2, -0.15) is 5.10 Å². The van der Waals surface area contributed by atoms with Gasteiger partial charge < -0.3 is 5.11 Å². The van der Waals surface area contributed by atoms with Gasteiger partial charge in [0.05, 0.1) is 0 Å². The lowest BCUT2D eigenvalue weighted by Crippen LogP contribution is -2.29. The van der Waals surface area contributed by atoms with Gasteiger partial charge in [0.25, 0.3) is 0 Å². The number of nitrogens with zero attached hydrogens (tertiary/aromatic N) is 3. The molecule has 0 saturated carbocycles. The summed E-state index contributed by atoms with van der Waals surface area (Å²) in [6.45, 7) is 7.48. The van der Waals surface area contributed by atoms with Crippen molar-refractivity contribution in [3.63, 3.8) is 0 Å². The Morgan fingerprint density at radius 2 is 2.12 bits per heavy atom. The zero-order valence-electron chi connectivity index (χ0n) is 11.3. The molecule has 98 valence electrons. The van der Waals surface area contributed by atoms with Gasteiger partial charge in [-0.3, -0.25) is 4.68 Å². The highest BCUT2D eigenvalue weighted by Gasteiger charge is 2.29. The highest BCUT2D eigenvalue weighted by atomic mass is 16.3. The molecule has 0 aliphatic rings. The predicted molar refractivity (Wildman–Crippen MR) is 68.7 cm³/mol. The molecule has 4 heteroatoms. The maximum atomic E-state index is 9.71. The Bertz CT molecular complexity index is 318. The maximum absolute atomic E-state index is 9.71. The summed E-state index contributed by atoms with van der Waals surface area (Å²) in [5.74, 6) is 1.000. The van der Waals surface area contributed by atoms with Crippen LogP contribution in [0.4, 0.5) is 0 Å². The fourth-order valence-electron chi connectivity index (χ4n) is 2.21. The SMILES string of the molecule is CCCCC(CC)(CO)Cc1ncnn1CC. The van der Waals surface area contributed by atoms with Gasteiger partial charge in [0.2, 0.25) is 0 Å². The van der Waals surface area contributed by atoms with Crippen LogP contribution < -0.4 is 0 Å². The third kappa shape index (κ3) is 3.53. The molecule has 0 fully saturated rings. The van der Waals surface area contributed by atoms with Gasteiger partial charge in [-0.05, 0) is 19.8 Å². The molecular weight excluding hydrogens is 214 g/mol. The number of hydrogen-bond acceptors (Lipinski definition) is 3. The van der Waals surface area contributed by atoms with E-state index in [1.165, 1.54) is 6.42 Å². The van der Waals surface area contributed by atoms with Gasteiger partial charge in [-0.1, -0.05) is 26.7 Å². The topological polar surface area (TPSA) is 50.9 Å². The van der Waals surface area contributed by atoms with Gasteiger partial charge >= 0.3 is 0 Å². The van der Waals surface area contributed by atoms with Crippen LogP contribution in [-0.2, 0) is 13.0 Å². The van der Waals surface area contributed by atoms with Gasteiger partial charge in [-0.15, -0.1) is 0 Å². The van der Waals surface area contributed by atoms with Crippen molar-refractivity contribution in [2.45, 2.75) is 59.4 Å². The molecular formula is C13H25N3O. The first-order valence-electron chi connectivity index (χ1n) is 6.69. The van der Waals surface area contributed by atoms with E-state index in [1.54, 1.807) is 6.33 Å². The van der Waals surface area contributed by atoms with E-state index in [-0.39, 0.29) is 12.0 Å². The second-order valence-corrected chi connectivity index (χ2v) is 4.78. The number of rotatable bonds is 8. The molecule has 1 unspecified atom stereocenters. The normalized spacial score (nSPS) is 14.8. The van der Waals surface area contributed by atoms with Crippen LogP contribution >= 0.6 is 0 Å². The summed E-state index contributed by atoms with van der Waals surface area (Å²) in [5, 5.41) is 13.9. The molecule has 0 radical (unpaired) electrons. The minimum Gasteiger partial charge on any atom is -0.396 e. The first-order valence-corrected chi connectivity index (χ1v) is 6.69. The molecule has 1 rings (SSSR count). The number of aliphatic hydroxyl groups is 1. The molecule has 4 nitrogen and oxygen atoms in total. The van der Waals surface area contributed by atoms with Crippen LogP contribution in [0.25, 0.3) is 0 Å². The molecule has 0 aliphatic carbocycles. The summed E-state index contributed by atoms with van der Waals surface area (Å²) in [4.78, 5) is 4.32. The Morgan fingerprint density at radius 1 is 1.35 bits per heavy atom. The van der Waals surface area contributed by atoms with Crippen LogP contribution in [0.1, 0.15) is 52.3 Å². The van der Waals surface area contributed by atoms with Crippen LogP contribution in [0.2, 0.25) is 0 Å². The zero-order valence-corrected chi connectivity index (χ0v) is 11.3. The van der Waals surface area contributed by atoms with Crippen LogP contribution in [0.3, 0.4) is 0 Å². The number of hydrogen-bond donors (Lipinski definition) is 1. The van der Waals surface area contributed by atoms with Crippen molar-refractivity contribution in [3.05, 3.63) is 12.2 Å². The summed E-state index contributed by atoms with van der Waals surface area (Å²) in [7, 11) is 0. The Balaban J connectivity index is 2.78. The highest BCUT2D eigenvalue weighted by molar-refractivity contribution is 4.93. The van der Waals surface area contributed by atoms with E-state index in [1.807, 2.05) is 4.68 Å². The quantitative estimate of drug-likeness (QED) is 0.758. The van der Waals surface area contributed by atoms with Crippen LogP contribution in [0.5, 0.6) is 0 Å². The number of aliphatic hydroxyl groups excluding tert-OH is 1. The molecule has 0 spiro atoms. The zero-order chi connectivity index (χ0) is 12.7. The van der Waals surface area contributed by atoms with Crippen molar-refractivity contribution in [3.8, 4) is 0 Å². The van der Waals surface area contributed by atoms with Crippen molar-refractivity contribution >= 4 is 0 Å². The Hall–Kier alpha value is -0.900. The van der Waals surface area contributed by atoms with Crippen molar-refractivity contribution in [1.29, 1.82) is 0 Å². The summed E-state index contributed by atoms with van der Waals surface area (Å²) in [6.07, 6.45) is 6.81. The molecule has 1 aromatic rings. The van der Waals surface area contributed by atoms with Gasteiger partial charge in [0.15, 0.2) is 0 Å². The second kappa shape index (κ2) is 6.74. The Kier molecular flexibility index (Phi) is 5.62. The lowest BCUT2D eigenvalue weighted by Gasteiger charge is -2.30. The van der Waals surface area contributed by atoms with E-state index < -0.39 is 0 Å². The van der Waals surface area contributed by atoms with E-state index in [0.29, 0.717) is 0 Å². The van der Waals surface area contributed by atoms with Gasteiger partial charge in [0.1, 0.15) is 12.2 Å². The van der Waals surface area contributed by atoms with Crippen molar-refractivity contribution in [1.82, 2.24) is 14.8 Å². The average molecular weight is 239 g/mol. The van der Waals surface area contributed by atoms with Crippen LogP contribution in [0.15, 0.2) is 6.33 Å². The second-order valence-electron chi connectivity index (χ2n) is 4.78. The number of unbranched alkanes of at least 4 members (excludes halogenated alkanes) is 1. The average Bonchev–Trinajstić information content (AvgIpc) is 2.81. The molecule has 0 aromatic carbocycles. The first-order chi connectivity index (χ1) is 8.21. The van der Waals surface area contributed by atoms with E-state index in [0.717, 1.165) is 38.1 Å². The summed E-state index contributed by atoms with van der Waals surface area (Å²) in [5.41, 5.74) is -0.0179. The molecule has 1 heterocycles. The van der Waals surface area contributed by atoms with Crippen molar-refractivity contribution in [2.75, 3.05) is 6.61 Å². The van der Waals surface area contributed by atoms with Gasteiger partial charge in [-0.25, -0.2) is 4.98 Å². The smallest absolute Gasteiger partial charge is 0.138 e. The molecule has 0 amide bonds. The minimum atomic E-state index is -0.0179. The largest absolute Gasteiger partial charge is 0.396 e. The lowest BCUT2D eigenvalue weighted by molar-refractivity contribution is 0.103. The molecule has 0 saturated heterocycles. The van der Waals surface area contributed by atoms with Gasteiger partial charge in [0, 0.05) is 25.0 Å². The summed E-state index contributed by atoms with van der Waals surface area (Å²) >= 11 is 0. The monoisotopic (exact) mass is 239 g/mol. The van der Waals surface area contributed by atoms with Crippen molar-refractivity contribution < 1.29 is 5.11 Å². The minimum absolute atomic E-state index is 0.0179. The summed E-state index contributed by atoms with van der Waals surface area (Å²) < 4.78 is 1.92. The molecule has 1 N–H and O–H groups in total. The fraction of sp³-hybridized carbons (Fsp3) is 0.846. The maximum Gasteiger partial charge on any atom is 0.138 e. The van der Waals surface area contributed by atoms with E-state index in [4.69, 9.17) is 0 Å². The number of aromatic nitrogens is 3. The third-order valence-corrected chi connectivity index (χ3v) is 3.67. The molecule has 1 atom stereocenters.